The van der Waals surface area contributed by atoms with Crippen LogP contribution in [0.3, 0.4) is 0 Å². The van der Waals surface area contributed by atoms with E-state index in [0.717, 1.165) is 24.4 Å². The molecule has 0 saturated carbocycles. The minimum atomic E-state index is -0.00566. The van der Waals surface area contributed by atoms with Gasteiger partial charge in [-0.2, -0.15) is 0 Å². The summed E-state index contributed by atoms with van der Waals surface area (Å²) in [4.78, 5) is 16.2. The van der Waals surface area contributed by atoms with Gasteiger partial charge in [0.2, 0.25) is 0 Å². The van der Waals surface area contributed by atoms with Crippen LogP contribution in [0.5, 0.6) is 0 Å². The third-order valence-corrected chi connectivity index (χ3v) is 3.58. The fourth-order valence-corrected chi connectivity index (χ4v) is 2.34. The van der Waals surface area contributed by atoms with Crippen LogP contribution < -0.4 is 5.32 Å². The van der Waals surface area contributed by atoms with Gasteiger partial charge in [-0.15, -0.1) is 0 Å². The third-order valence-electron chi connectivity index (χ3n) is 2.82. The Hall–Kier alpha value is -0.650. The number of carbonyl (C=O) groups is 1. The Kier molecular flexibility index (Phi) is 7.23. The zero-order valence-corrected chi connectivity index (χ0v) is 13.3. The molecule has 0 unspecified atom stereocenters. The van der Waals surface area contributed by atoms with E-state index in [9.17, 15) is 4.79 Å². The second-order valence-corrected chi connectivity index (χ2v) is 5.52. The number of hydrogen-bond acceptors (Lipinski definition) is 2. The minimum Gasteiger partial charge on any atom is -0.352 e. The van der Waals surface area contributed by atoms with Crippen molar-refractivity contribution in [2.75, 3.05) is 11.0 Å². The van der Waals surface area contributed by atoms with Crippen molar-refractivity contribution in [3.63, 3.8) is 0 Å². The van der Waals surface area contributed by atoms with Gasteiger partial charge in [0.1, 0.15) is 0 Å². The van der Waals surface area contributed by atoms with Crippen molar-refractivity contribution < 1.29 is 4.79 Å². The molecule has 4 heteroatoms. The number of unbranched alkanes of at least 4 members (excludes halogenated alkanes) is 3. The van der Waals surface area contributed by atoms with Gasteiger partial charge in [-0.3, -0.25) is 9.78 Å². The fourth-order valence-electron chi connectivity index (χ4n) is 1.80. The summed E-state index contributed by atoms with van der Waals surface area (Å²) in [6.45, 7) is 4.57. The minimum absolute atomic E-state index is 0.00566. The number of nitrogens with one attached hydrogen (secondary N) is 1. The van der Waals surface area contributed by atoms with E-state index >= 15 is 0 Å². The smallest absolute Gasteiger partial charge is 0.253 e. The molecule has 0 aliphatic carbocycles. The second kappa shape index (κ2) is 8.45. The number of halogens is 1. The predicted molar refractivity (Wildman–Crippen MR) is 83.4 cm³/mol. The molecule has 0 fully saturated rings. The van der Waals surface area contributed by atoms with E-state index in [1.807, 2.05) is 26.0 Å². The van der Waals surface area contributed by atoms with Gasteiger partial charge in [0.25, 0.3) is 5.91 Å². The van der Waals surface area contributed by atoms with Crippen LogP contribution in [-0.4, -0.2) is 21.9 Å². The van der Waals surface area contributed by atoms with Crippen molar-refractivity contribution in [1.82, 2.24) is 10.3 Å². The number of aromatic nitrogens is 1. The molecule has 1 rings (SSSR count). The predicted octanol–water partition coefficient (Wildman–Crippen LogP) is 3.42. The summed E-state index contributed by atoms with van der Waals surface area (Å²) in [6.07, 6.45) is 4.77. The van der Waals surface area contributed by atoms with Crippen molar-refractivity contribution in [3.8, 4) is 0 Å². The van der Waals surface area contributed by atoms with Crippen LogP contribution in [0.4, 0.5) is 0 Å². The SMILES string of the molecule is Cc1ccc(C(=O)NCCCCCCI)c(C)n1. The van der Waals surface area contributed by atoms with Crippen molar-refractivity contribution in [2.24, 2.45) is 0 Å². The largest absolute Gasteiger partial charge is 0.352 e. The van der Waals surface area contributed by atoms with Crippen molar-refractivity contribution >= 4 is 28.5 Å². The summed E-state index contributed by atoms with van der Waals surface area (Å²) < 4.78 is 1.22. The Balaban J connectivity index is 2.32. The van der Waals surface area contributed by atoms with Crippen LogP contribution in [0.2, 0.25) is 0 Å². The molecular formula is C14H21IN2O. The third kappa shape index (κ3) is 5.33. The maximum Gasteiger partial charge on any atom is 0.253 e. The topological polar surface area (TPSA) is 42.0 Å². The van der Waals surface area contributed by atoms with Gasteiger partial charge < -0.3 is 5.32 Å². The van der Waals surface area contributed by atoms with E-state index in [1.165, 1.54) is 23.7 Å². The van der Waals surface area contributed by atoms with Crippen LogP contribution in [0.1, 0.15) is 47.4 Å². The summed E-state index contributed by atoms with van der Waals surface area (Å²) >= 11 is 2.40. The van der Waals surface area contributed by atoms with E-state index in [4.69, 9.17) is 0 Å². The molecule has 0 aromatic carbocycles. The molecule has 18 heavy (non-hydrogen) atoms. The zero-order chi connectivity index (χ0) is 13.4. The Bertz CT molecular complexity index is 393. The maximum atomic E-state index is 11.9. The maximum absolute atomic E-state index is 11.9. The van der Waals surface area contributed by atoms with Crippen LogP contribution in [-0.2, 0) is 0 Å². The average Bonchev–Trinajstić information content (AvgIpc) is 2.33. The molecule has 0 atom stereocenters. The van der Waals surface area contributed by atoms with E-state index in [2.05, 4.69) is 32.9 Å². The fraction of sp³-hybridized carbons (Fsp3) is 0.571. The molecule has 3 nitrogen and oxygen atoms in total. The molecule has 0 bridgehead atoms. The summed E-state index contributed by atoms with van der Waals surface area (Å²) in [5.74, 6) is -0.00566. The lowest BCUT2D eigenvalue weighted by atomic mass is 10.1. The number of nitrogens with zero attached hydrogens (tertiary/aromatic N) is 1. The highest BCUT2D eigenvalue weighted by Crippen LogP contribution is 2.06. The Morgan fingerprint density at radius 1 is 1.22 bits per heavy atom. The van der Waals surface area contributed by atoms with Gasteiger partial charge in [-0.25, -0.2) is 0 Å². The van der Waals surface area contributed by atoms with Gasteiger partial charge in [0, 0.05) is 12.2 Å². The van der Waals surface area contributed by atoms with Gasteiger partial charge in [-0.05, 0) is 43.2 Å². The number of aryl methyl sites for hydroxylation is 2. The number of alkyl halides is 1. The van der Waals surface area contributed by atoms with Crippen molar-refractivity contribution in [2.45, 2.75) is 39.5 Å². The first-order chi connectivity index (χ1) is 8.65. The van der Waals surface area contributed by atoms with E-state index < -0.39 is 0 Å². The van der Waals surface area contributed by atoms with Crippen LogP contribution in [0.15, 0.2) is 12.1 Å². The standard InChI is InChI=1S/C14H21IN2O/c1-11-7-8-13(12(2)17-11)14(18)16-10-6-4-3-5-9-15/h7-8H,3-6,9-10H2,1-2H3,(H,16,18). The molecule has 0 saturated heterocycles. The van der Waals surface area contributed by atoms with Gasteiger partial charge in [0.15, 0.2) is 0 Å². The molecule has 0 aliphatic heterocycles. The van der Waals surface area contributed by atoms with Crippen LogP contribution >= 0.6 is 22.6 Å². The van der Waals surface area contributed by atoms with E-state index in [1.54, 1.807) is 0 Å². The first kappa shape index (κ1) is 15.4. The average molecular weight is 360 g/mol. The first-order valence-corrected chi connectivity index (χ1v) is 7.96. The van der Waals surface area contributed by atoms with Gasteiger partial charge >= 0.3 is 0 Å². The van der Waals surface area contributed by atoms with Gasteiger partial charge in [-0.1, -0.05) is 35.4 Å². The number of pyridine rings is 1. The highest BCUT2D eigenvalue weighted by molar-refractivity contribution is 14.1. The van der Waals surface area contributed by atoms with Crippen LogP contribution in [0.25, 0.3) is 0 Å². The van der Waals surface area contributed by atoms with Crippen molar-refractivity contribution in [1.29, 1.82) is 0 Å². The summed E-state index contributed by atoms with van der Waals surface area (Å²) in [5, 5.41) is 2.96. The Morgan fingerprint density at radius 2 is 1.94 bits per heavy atom. The number of rotatable bonds is 7. The monoisotopic (exact) mass is 360 g/mol. The highest BCUT2D eigenvalue weighted by Gasteiger charge is 2.08. The zero-order valence-electron chi connectivity index (χ0n) is 11.1. The van der Waals surface area contributed by atoms with E-state index in [0.29, 0.717) is 5.56 Å². The van der Waals surface area contributed by atoms with Gasteiger partial charge in [0.05, 0.1) is 11.3 Å². The quantitative estimate of drug-likeness (QED) is 0.460. The summed E-state index contributed by atoms with van der Waals surface area (Å²) in [7, 11) is 0. The Morgan fingerprint density at radius 3 is 2.61 bits per heavy atom. The molecule has 1 heterocycles. The second-order valence-electron chi connectivity index (χ2n) is 4.44. The normalized spacial score (nSPS) is 10.4. The molecule has 100 valence electrons. The molecular weight excluding hydrogens is 339 g/mol. The van der Waals surface area contributed by atoms with Crippen LogP contribution in [0, 0.1) is 13.8 Å². The molecule has 1 aromatic heterocycles. The summed E-state index contributed by atoms with van der Waals surface area (Å²) in [6, 6.07) is 3.73. The lowest BCUT2D eigenvalue weighted by molar-refractivity contribution is 0.0952. The molecule has 0 aliphatic rings. The molecule has 0 radical (unpaired) electrons. The lowest BCUT2D eigenvalue weighted by Crippen LogP contribution is -2.25. The summed E-state index contributed by atoms with van der Waals surface area (Å²) in [5.41, 5.74) is 2.44. The lowest BCUT2D eigenvalue weighted by Gasteiger charge is -2.07. The highest BCUT2D eigenvalue weighted by atomic mass is 127. The molecule has 1 N–H and O–H groups in total. The molecule has 1 aromatic rings. The first-order valence-electron chi connectivity index (χ1n) is 6.43. The molecule has 0 spiro atoms. The Labute approximate surface area is 123 Å². The number of carbonyl (C=O) groups excluding carboxylic acids is 1. The van der Waals surface area contributed by atoms with E-state index in [-0.39, 0.29) is 5.91 Å². The number of hydrogen-bond donors (Lipinski definition) is 1. The molecule has 1 amide bonds. The number of amides is 1. The van der Waals surface area contributed by atoms with Crippen molar-refractivity contribution in [3.05, 3.63) is 29.1 Å².